The third-order valence-corrected chi connectivity index (χ3v) is 0.761. The van der Waals surface area contributed by atoms with Crippen molar-refractivity contribution in [3.8, 4) is 0 Å². The van der Waals surface area contributed by atoms with E-state index >= 15 is 0 Å². The molecular formula is C4H4O4. The van der Waals surface area contributed by atoms with Crippen LogP contribution < -0.4 is 0 Å². The predicted octanol–water partition coefficient (Wildman–Crippen LogP) is -0.218. The van der Waals surface area contributed by atoms with Gasteiger partial charge in [-0.1, -0.05) is 0 Å². The minimum absolute atomic E-state index is 0.138. The molecule has 0 aromatic rings. The van der Waals surface area contributed by atoms with Crippen LogP contribution in [-0.2, 0) is 19.4 Å². The van der Waals surface area contributed by atoms with Crippen molar-refractivity contribution in [2.24, 2.45) is 0 Å². The van der Waals surface area contributed by atoms with Crippen molar-refractivity contribution >= 4 is 11.9 Å². The maximum Gasteiger partial charge on any atom is 0.356 e. The highest BCUT2D eigenvalue weighted by atomic mass is 17.2. The van der Waals surface area contributed by atoms with Crippen molar-refractivity contribution in [1.29, 1.82) is 0 Å². The minimum Gasteiger partial charge on any atom is -0.247 e. The first-order valence-electron chi connectivity index (χ1n) is 2.19. The largest absolute Gasteiger partial charge is 0.356 e. The maximum absolute atomic E-state index is 10.1. The molecule has 4 nitrogen and oxygen atoms in total. The normalized spacial score (nSPS) is 19.5. The minimum atomic E-state index is -0.482. The van der Waals surface area contributed by atoms with E-state index in [-0.39, 0.29) is 12.8 Å². The van der Waals surface area contributed by atoms with Crippen molar-refractivity contribution in [3.63, 3.8) is 0 Å². The van der Waals surface area contributed by atoms with Gasteiger partial charge in [0.05, 0.1) is 12.8 Å². The summed E-state index contributed by atoms with van der Waals surface area (Å²) < 4.78 is 0. The van der Waals surface area contributed by atoms with Gasteiger partial charge in [0.25, 0.3) is 0 Å². The Balaban J connectivity index is 2.40. The Morgan fingerprint density at radius 2 is 1.38 bits per heavy atom. The third kappa shape index (κ3) is 0.959. The summed E-state index contributed by atoms with van der Waals surface area (Å²) in [4.78, 5) is 28.0. The molecule has 1 fully saturated rings. The molecule has 0 radical (unpaired) electrons. The lowest BCUT2D eigenvalue weighted by Gasteiger charge is -2.05. The molecule has 0 aromatic heterocycles. The van der Waals surface area contributed by atoms with Crippen molar-refractivity contribution in [2.75, 3.05) is 0 Å². The van der Waals surface area contributed by atoms with Gasteiger partial charge in [-0.15, -0.1) is 0 Å². The summed E-state index contributed by atoms with van der Waals surface area (Å²) in [6, 6.07) is 0. The Hall–Kier alpha value is -1.06. The fourth-order valence-electron chi connectivity index (χ4n) is 0.380. The average Bonchev–Trinajstić information content (AvgIpc) is 1.77. The smallest absolute Gasteiger partial charge is 0.247 e. The molecule has 0 unspecified atom stereocenters. The van der Waals surface area contributed by atoms with E-state index in [0.717, 1.165) is 0 Å². The molecule has 0 amide bonds. The summed E-state index contributed by atoms with van der Waals surface area (Å²) in [6.07, 6.45) is 0.275. The van der Waals surface area contributed by atoms with Gasteiger partial charge in [-0.3, -0.25) is 0 Å². The lowest BCUT2D eigenvalue weighted by atomic mass is 10.3. The second-order valence-electron chi connectivity index (χ2n) is 1.41. The molecule has 0 aromatic carbocycles. The zero-order valence-corrected chi connectivity index (χ0v) is 4.05. The molecule has 0 aliphatic carbocycles. The molecular weight excluding hydrogens is 112 g/mol. The molecule has 0 atom stereocenters. The zero-order valence-electron chi connectivity index (χ0n) is 4.05. The van der Waals surface area contributed by atoms with Crippen LogP contribution in [0.3, 0.4) is 0 Å². The molecule has 0 bridgehead atoms. The summed E-state index contributed by atoms with van der Waals surface area (Å²) in [7, 11) is 0. The summed E-state index contributed by atoms with van der Waals surface area (Å²) >= 11 is 0. The number of hydrogen-bond acceptors (Lipinski definition) is 4. The summed E-state index contributed by atoms with van der Waals surface area (Å²) in [6.45, 7) is 0. The molecule has 8 heavy (non-hydrogen) atoms. The van der Waals surface area contributed by atoms with Crippen LogP contribution in [0.2, 0.25) is 0 Å². The SMILES string of the molecule is O=C1CCC(=O)OO1. The van der Waals surface area contributed by atoms with E-state index in [1.54, 1.807) is 0 Å². The quantitative estimate of drug-likeness (QED) is 0.410. The van der Waals surface area contributed by atoms with Crippen LogP contribution in [0.25, 0.3) is 0 Å². The Bertz CT molecular complexity index is 100. The second-order valence-corrected chi connectivity index (χ2v) is 1.41. The van der Waals surface area contributed by atoms with Crippen LogP contribution in [0.15, 0.2) is 0 Å². The van der Waals surface area contributed by atoms with Gasteiger partial charge in [0.2, 0.25) is 0 Å². The van der Waals surface area contributed by atoms with E-state index in [4.69, 9.17) is 0 Å². The van der Waals surface area contributed by atoms with Crippen LogP contribution in [0.1, 0.15) is 12.8 Å². The number of carbonyl (C=O) groups excluding carboxylic acids is 2. The summed E-state index contributed by atoms with van der Waals surface area (Å²) in [5, 5.41) is 0. The number of rotatable bonds is 0. The lowest BCUT2D eigenvalue weighted by molar-refractivity contribution is -0.267. The van der Waals surface area contributed by atoms with Gasteiger partial charge in [0.15, 0.2) is 0 Å². The van der Waals surface area contributed by atoms with Crippen molar-refractivity contribution in [2.45, 2.75) is 12.8 Å². The lowest BCUT2D eigenvalue weighted by Crippen LogP contribution is -2.18. The molecule has 0 spiro atoms. The van der Waals surface area contributed by atoms with Gasteiger partial charge < -0.3 is 0 Å². The molecule has 44 valence electrons. The fourth-order valence-corrected chi connectivity index (χ4v) is 0.380. The van der Waals surface area contributed by atoms with Crippen LogP contribution in [-0.4, -0.2) is 11.9 Å². The van der Waals surface area contributed by atoms with Gasteiger partial charge >= 0.3 is 11.9 Å². The molecule has 1 saturated heterocycles. The zero-order chi connectivity index (χ0) is 5.98. The molecule has 4 heteroatoms. The Labute approximate surface area is 45.3 Å². The monoisotopic (exact) mass is 116 g/mol. The molecule has 1 aliphatic rings. The molecule has 1 rings (SSSR count). The van der Waals surface area contributed by atoms with Gasteiger partial charge in [0, 0.05) is 0 Å². The topological polar surface area (TPSA) is 52.6 Å². The highest BCUT2D eigenvalue weighted by molar-refractivity contribution is 5.80. The highest BCUT2D eigenvalue weighted by Crippen LogP contribution is 2.02. The highest BCUT2D eigenvalue weighted by Gasteiger charge is 2.17. The molecule has 1 aliphatic heterocycles. The second kappa shape index (κ2) is 1.81. The van der Waals surface area contributed by atoms with Crippen molar-refractivity contribution < 1.29 is 19.4 Å². The van der Waals surface area contributed by atoms with Crippen LogP contribution in [0, 0.1) is 0 Å². The van der Waals surface area contributed by atoms with Crippen molar-refractivity contribution in [1.82, 2.24) is 0 Å². The standard InChI is InChI=1S/C4H4O4/c5-3-1-2-4(6)8-7-3/h1-2H2. The van der Waals surface area contributed by atoms with Gasteiger partial charge in [-0.05, 0) is 0 Å². The van der Waals surface area contributed by atoms with E-state index in [0.29, 0.717) is 0 Å². The Morgan fingerprint density at radius 3 is 1.62 bits per heavy atom. The van der Waals surface area contributed by atoms with Gasteiger partial charge in [0.1, 0.15) is 0 Å². The molecule has 0 N–H and O–H groups in total. The average molecular weight is 116 g/mol. The maximum atomic E-state index is 10.1. The number of carbonyl (C=O) groups is 2. The van der Waals surface area contributed by atoms with Crippen LogP contribution >= 0.6 is 0 Å². The number of hydrogen-bond donors (Lipinski definition) is 0. The fraction of sp³-hybridized carbons (Fsp3) is 0.500. The van der Waals surface area contributed by atoms with E-state index in [9.17, 15) is 9.59 Å². The first-order chi connectivity index (χ1) is 3.79. The first-order valence-corrected chi connectivity index (χ1v) is 2.19. The Kier molecular flexibility index (Phi) is 1.15. The summed E-state index contributed by atoms with van der Waals surface area (Å²) in [5.74, 6) is -0.964. The van der Waals surface area contributed by atoms with E-state index in [1.165, 1.54) is 0 Å². The van der Waals surface area contributed by atoms with Crippen LogP contribution in [0.4, 0.5) is 0 Å². The van der Waals surface area contributed by atoms with E-state index in [2.05, 4.69) is 9.78 Å². The summed E-state index contributed by atoms with van der Waals surface area (Å²) in [5.41, 5.74) is 0. The van der Waals surface area contributed by atoms with Gasteiger partial charge in [-0.25, -0.2) is 19.4 Å². The molecule has 0 saturated carbocycles. The third-order valence-electron chi connectivity index (χ3n) is 0.761. The Morgan fingerprint density at radius 1 is 1.00 bits per heavy atom. The molecule has 1 heterocycles. The van der Waals surface area contributed by atoms with E-state index < -0.39 is 11.9 Å². The first kappa shape index (κ1) is 5.08. The van der Waals surface area contributed by atoms with E-state index in [1.807, 2.05) is 0 Å². The van der Waals surface area contributed by atoms with Gasteiger partial charge in [-0.2, -0.15) is 0 Å². The predicted molar refractivity (Wildman–Crippen MR) is 21.4 cm³/mol. The van der Waals surface area contributed by atoms with Crippen molar-refractivity contribution in [3.05, 3.63) is 0 Å². The van der Waals surface area contributed by atoms with Crippen LogP contribution in [0.5, 0.6) is 0 Å².